The largest absolute Gasteiger partial charge is 0.254 e. The maximum atomic E-state index is 12.4. The molecule has 0 bridgehead atoms. The van der Waals surface area contributed by atoms with Crippen LogP contribution in [0.4, 0.5) is 0 Å². The normalized spacial score (nSPS) is 22.9. The molecule has 4 nitrogen and oxygen atoms in total. The molecule has 1 aliphatic heterocycles. The molecule has 1 aliphatic rings. The molecule has 2 rings (SSSR count). The van der Waals surface area contributed by atoms with Crippen LogP contribution in [0.2, 0.25) is 4.47 Å². The number of halogens is 1. The van der Waals surface area contributed by atoms with Gasteiger partial charge in [-0.1, -0.05) is 36.3 Å². The summed E-state index contributed by atoms with van der Waals surface area (Å²) in [4.78, 5) is 3.81. The molecule has 1 fully saturated rings. The zero-order chi connectivity index (χ0) is 13.2. The predicted octanol–water partition coefficient (Wildman–Crippen LogP) is 3.00. The van der Waals surface area contributed by atoms with Crippen LogP contribution in [0, 0.1) is 5.92 Å². The van der Waals surface area contributed by atoms with Gasteiger partial charge in [-0.3, -0.25) is 0 Å². The van der Waals surface area contributed by atoms with Gasteiger partial charge in [-0.05, 0) is 25.2 Å². The van der Waals surface area contributed by atoms with E-state index in [0.717, 1.165) is 37.0 Å². The SMILES string of the molecule is CCC1CCCN(S(=O)(=O)c2cnc(Cl)s2)CC1. The fourth-order valence-electron chi connectivity index (χ4n) is 2.27. The third kappa shape index (κ3) is 3.04. The number of aromatic nitrogens is 1. The predicted molar refractivity (Wildman–Crippen MR) is 73.5 cm³/mol. The fraction of sp³-hybridized carbons (Fsp3) is 0.727. The van der Waals surface area contributed by atoms with Crippen LogP contribution in [0.3, 0.4) is 0 Å². The van der Waals surface area contributed by atoms with Crippen molar-refractivity contribution < 1.29 is 8.42 Å². The average molecular weight is 309 g/mol. The minimum absolute atomic E-state index is 0.252. The van der Waals surface area contributed by atoms with E-state index in [1.54, 1.807) is 4.31 Å². The minimum Gasteiger partial charge on any atom is -0.232 e. The Morgan fingerprint density at radius 2 is 2.28 bits per heavy atom. The first-order valence-electron chi connectivity index (χ1n) is 6.15. The van der Waals surface area contributed by atoms with Gasteiger partial charge in [0.15, 0.2) is 8.68 Å². The molecular weight excluding hydrogens is 292 g/mol. The molecule has 0 saturated carbocycles. The van der Waals surface area contributed by atoms with E-state index in [1.807, 2.05) is 0 Å². The summed E-state index contributed by atoms with van der Waals surface area (Å²) in [5.74, 6) is 0.648. The topological polar surface area (TPSA) is 50.3 Å². The lowest BCUT2D eigenvalue weighted by Crippen LogP contribution is -2.31. The average Bonchev–Trinajstić information content (AvgIpc) is 2.65. The van der Waals surface area contributed by atoms with E-state index in [-0.39, 0.29) is 8.68 Å². The number of sulfonamides is 1. The monoisotopic (exact) mass is 308 g/mol. The first kappa shape index (κ1) is 14.2. The Hall–Kier alpha value is -0.170. The molecule has 0 N–H and O–H groups in total. The lowest BCUT2D eigenvalue weighted by atomic mass is 9.98. The van der Waals surface area contributed by atoms with Crippen molar-refractivity contribution in [2.45, 2.75) is 36.8 Å². The van der Waals surface area contributed by atoms with Crippen molar-refractivity contribution in [3.63, 3.8) is 0 Å². The lowest BCUT2D eigenvalue weighted by Gasteiger charge is -2.18. The second-order valence-corrected chi connectivity index (χ2v) is 8.32. The highest BCUT2D eigenvalue weighted by atomic mass is 35.5. The Balaban J connectivity index is 2.15. The van der Waals surface area contributed by atoms with Crippen LogP contribution in [-0.2, 0) is 10.0 Å². The van der Waals surface area contributed by atoms with E-state index in [4.69, 9.17) is 11.6 Å². The van der Waals surface area contributed by atoms with E-state index < -0.39 is 10.0 Å². The molecular formula is C11H17ClN2O2S2. The number of hydrogen-bond acceptors (Lipinski definition) is 4. The van der Waals surface area contributed by atoms with Crippen LogP contribution in [0.15, 0.2) is 10.4 Å². The standard InChI is InChI=1S/C11H17ClN2O2S2/c1-2-9-4-3-6-14(7-5-9)18(15,16)10-8-13-11(12)17-10/h8-9H,2-7H2,1H3. The Labute approximate surface area is 117 Å². The molecule has 0 spiro atoms. The summed E-state index contributed by atoms with van der Waals surface area (Å²) < 4.78 is 26.9. The second kappa shape index (κ2) is 5.86. The molecule has 0 aliphatic carbocycles. The third-order valence-electron chi connectivity index (χ3n) is 3.43. The van der Waals surface area contributed by atoms with Crippen molar-refractivity contribution in [3.05, 3.63) is 10.7 Å². The summed E-state index contributed by atoms with van der Waals surface area (Å²) in [6.45, 7) is 3.38. The lowest BCUT2D eigenvalue weighted by molar-refractivity contribution is 0.408. The van der Waals surface area contributed by atoms with E-state index in [0.29, 0.717) is 19.0 Å². The first-order chi connectivity index (χ1) is 8.54. The van der Waals surface area contributed by atoms with Gasteiger partial charge in [0.2, 0.25) is 0 Å². The molecule has 1 atom stereocenters. The Bertz CT molecular complexity index is 501. The van der Waals surface area contributed by atoms with Crippen LogP contribution >= 0.6 is 22.9 Å². The number of nitrogens with zero attached hydrogens (tertiary/aromatic N) is 2. The maximum Gasteiger partial charge on any atom is 0.254 e. The third-order valence-corrected chi connectivity index (χ3v) is 6.88. The Morgan fingerprint density at radius 3 is 2.89 bits per heavy atom. The molecule has 1 aromatic rings. The van der Waals surface area contributed by atoms with Gasteiger partial charge in [-0.25, -0.2) is 13.4 Å². The van der Waals surface area contributed by atoms with E-state index in [9.17, 15) is 8.42 Å². The zero-order valence-corrected chi connectivity index (χ0v) is 12.7. The summed E-state index contributed by atoms with van der Waals surface area (Å²) in [5.41, 5.74) is 0. The first-order valence-corrected chi connectivity index (χ1v) is 8.79. The fourth-order valence-corrected chi connectivity index (χ4v) is 5.22. The van der Waals surface area contributed by atoms with Crippen LogP contribution in [0.5, 0.6) is 0 Å². The Morgan fingerprint density at radius 1 is 1.50 bits per heavy atom. The van der Waals surface area contributed by atoms with Gasteiger partial charge < -0.3 is 0 Å². The zero-order valence-electron chi connectivity index (χ0n) is 10.3. The number of thiazole rings is 1. The van der Waals surface area contributed by atoms with Gasteiger partial charge in [0.25, 0.3) is 10.0 Å². The van der Waals surface area contributed by atoms with E-state index >= 15 is 0 Å². The molecule has 2 heterocycles. The highest BCUT2D eigenvalue weighted by molar-refractivity contribution is 7.91. The quantitative estimate of drug-likeness (QED) is 0.862. The molecule has 7 heteroatoms. The van der Waals surface area contributed by atoms with Crippen LogP contribution in [-0.4, -0.2) is 30.8 Å². The van der Waals surface area contributed by atoms with Crippen molar-refractivity contribution in [1.82, 2.24) is 9.29 Å². The molecule has 102 valence electrons. The number of hydrogen-bond donors (Lipinski definition) is 0. The number of rotatable bonds is 3. The van der Waals surface area contributed by atoms with Crippen molar-refractivity contribution in [2.75, 3.05) is 13.1 Å². The van der Waals surface area contributed by atoms with Crippen LogP contribution in [0.1, 0.15) is 32.6 Å². The minimum atomic E-state index is -3.39. The second-order valence-electron chi connectivity index (χ2n) is 4.54. The van der Waals surface area contributed by atoms with Gasteiger partial charge in [0.05, 0.1) is 6.20 Å². The van der Waals surface area contributed by atoms with Gasteiger partial charge in [0.1, 0.15) is 0 Å². The van der Waals surface area contributed by atoms with Gasteiger partial charge >= 0.3 is 0 Å². The summed E-state index contributed by atoms with van der Waals surface area (Å²) in [5, 5.41) is 0. The molecule has 18 heavy (non-hydrogen) atoms. The highest BCUT2D eigenvalue weighted by Gasteiger charge is 2.28. The van der Waals surface area contributed by atoms with Gasteiger partial charge in [-0.2, -0.15) is 4.31 Å². The van der Waals surface area contributed by atoms with Crippen molar-refractivity contribution in [2.24, 2.45) is 5.92 Å². The summed E-state index contributed by atoms with van der Waals surface area (Å²) >= 11 is 6.73. The highest BCUT2D eigenvalue weighted by Crippen LogP contribution is 2.28. The molecule has 0 radical (unpaired) electrons. The smallest absolute Gasteiger partial charge is 0.232 e. The van der Waals surface area contributed by atoms with E-state index in [1.165, 1.54) is 6.20 Å². The molecule has 1 aromatic heterocycles. The maximum absolute atomic E-state index is 12.4. The molecule has 0 amide bonds. The summed E-state index contributed by atoms with van der Waals surface area (Å²) in [6.07, 6.45) is 5.48. The molecule has 0 aromatic carbocycles. The van der Waals surface area contributed by atoms with Crippen LogP contribution in [0.25, 0.3) is 0 Å². The van der Waals surface area contributed by atoms with Crippen molar-refractivity contribution in [1.29, 1.82) is 0 Å². The summed E-state index contributed by atoms with van der Waals surface area (Å²) in [7, 11) is -3.39. The van der Waals surface area contributed by atoms with E-state index in [2.05, 4.69) is 11.9 Å². The van der Waals surface area contributed by atoms with Gasteiger partial charge in [-0.15, -0.1) is 0 Å². The van der Waals surface area contributed by atoms with Gasteiger partial charge in [0, 0.05) is 13.1 Å². The summed E-state index contributed by atoms with van der Waals surface area (Å²) in [6, 6.07) is 0. The molecule has 1 saturated heterocycles. The van der Waals surface area contributed by atoms with Crippen molar-refractivity contribution in [3.8, 4) is 0 Å². The van der Waals surface area contributed by atoms with Crippen LogP contribution < -0.4 is 0 Å². The van der Waals surface area contributed by atoms with Crippen molar-refractivity contribution >= 4 is 33.0 Å². The Kier molecular flexibility index (Phi) is 4.64. The molecule has 1 unspecified atom stereocenters.